The number of rotatable bonds is 8. The highest BCUT2D eigenvalue weighted by molar-refractivity contribution is 5.79. The standard InChI is InChI=1S/C20H28N4O2/c1-15(17-6-8-18(25-3)9-7-17)11-12-22-20(21-2)24-14-16-5-10-19(26-4)23-13-16/h5-10,13,15H,11-12,14H2,1-4H3,(H2,21,22,24). The summed E-state index contributed by atoms with van der Waals surface area (Å²) in [5.74, 6) is 2.74. The Labute approximate surface area is 155 Å². The van der Waals surface area contributed by atoms with Crippen LogP contribution in [0.25, 0.3) is 0 Å². The molecule has 2 rings (SSSR count). The Balaban J connectivity index is 1.75. The van der Waals surface area contributed by atoms with E-state index in [-0.39, 0.29) is 0 Å². The molecule has 6 heteroatoms. The zero-order chi connectivity index (χ0) is 18.8. The molecule has 0 fully saturated rings. The first kappa shape index (κ1) is 19.6. The van der Waals surface area contributed by atoms with E-state index >= 15 is 0 Å². The van der Waals surface area contributed by atoms with Crippen LogP contribution in [0.2, 0.25) is 0 Å². The number of nitrogens with one attached hydrogen (secondary N) is 2. The first-order valence-corrected chi connectivity index (χ1v) is 8.73. The van der Waals surface area contributed by atoms with Gasteiger partial charge in [-0.1, -0.05) is 25.1 Å². The van der Waals surface area contributed by atoms with Crippen molar-refractivity contribution in [3.63, 3.8) is 0 Å². The number of hydrogen-bond donors (Lipinski definition) is 2. The number of ether oxygens (including phenoxy) is 2. The second-order valence-electron chi connectivity index (χ2n) is 6.02. The molecule has 1 aromatic carbocycles. The molecule has 0 amide bonds. The van der Waals surface area contributed by atoms with Gasteiger partial charge in [-0.15, -0.1) is 0 Å². The summed E-state index contributed by atoms with van der Waals surface area (Å²) >= 11 is 0. The minimum Gasteiger partial charge on any atom is -0.497 e. The SMILES string of the molecule is CN=C(NCCC(C)c1ccc(OC)cc1)NCc1ccc(OC)nc1. The van der Waals surface area contributed by atoms with E-state index in [2.05, 4.69) is 39.7 Å². The van der Waals surface area contributed by atoms with E-state index in [9.17, 15) is 0 Å². The molecule has 0 spiro atoms. The minimum atomic E-state index is 0.456. The molecule has 0 saturated heterocycles. The topological polar surface area (TPSA) is 67.8 Å². The van der Waals surface area contributed by atoms with Crippen LogP contribution in [0.15, 0.2) is 47.6 Å². The summed E-state index contributed by atoms with van der Waals surface area (Å²) < 4.78 is 10.3. The first-order chi connectivity index (χ1) is 12.7. The number of hydrogen-bond acceptors (Lipinski definition) is 4. The third-order valence-electron chi connectivity index (χ3n) is 4.24. The molecule has 1 aromatic heterocycles. The number of aromatic nitrogens is 1. The number of aliphatic imine (C=N–C) groups is 1. The van der Waals surface area contributed by atoms with Crippen molar-refractivity contribution >= 4 is 5.96 Å². The number of nitrogens with zero attached hydrogens (tertiary/aromatic N) is 2. The molecular weight excluding hydrogens is 328 g/mol. The van der Waals surface area contributed by atoms with Gasteiger partial charge in [-0.05, 0) is 35.6 Å². The molecule has 1 heterocycles. The Kier molecular flexibility index (Phi) is 7.74. The van der Waals surface area contributed by atoms with Crippen molar-refractivity contribution in [3.05, 3.63) is 53.7 Å². The summed E-state index contributed by atoms with van der Waals surface area (Å²) in [7, 11) is 5.07. The predicted octanol–water partition coefficient (Wildman–Crippen LogP) is 2.96. The summed E-state index contributed by atoms with van der Waals surface area (Å²) in [5.41, 5.74) is 2.38. The van der Waals surface area contributed by atoms with Gasteiger partial charge in [0.05, 0.1) is 14.2 Å². The average Bonchev–Trinajstić information content (AvgIpc) is 2.70. The molecule has 0 radical (unpaired) electrons. The van der Waals surface area contributed by atoms with Crippen molar-refractivity contribution in [2.45, 2.75) is 25.8 Å². The van der Waals surface area contributed by atoms with Crippen LogP contribution in [-0.4, -0.2) is 38.8 Å². The third kappa shape index (κ3) is 5.95. The molecule has 1 atom stereocenters. The Morgan fingerprint density at radius 3 is 2.42 bits per heavy atom. The van der Waals surface area contributed by atoms with Gasteiger partial charge >= 0.3 is 0 Å². The van der Waals surface area contributed by atoms with Crippen molar-refractivity contribution in [2.75, 3.05) is 27.8 Å². The lowest BCUT2D eigenvalue weighted by molar-refractivity contribution is 0.397. The summed E-state index contributed by atoms with van der Waals surface area (Å²) in [5, 5.41) is 6.65. The van der Waals surface area contributed by atoms with Crippen molar-refractivity contribution in [1.29, 1.82) is 0 Å². The van der Waals surface area contributed by atoms with Crippen LogP contribution in [0.4, 0.5) is 0 Å². The van der Waals surface area contributed by atoms with Crippen molar-refractivity contribution in [3.8, 4) is 11.6 Å². The van der Waals surface area contributed by atoms with Crippen LogP contribution in [-0.2, 0) is 6.54 Å². The van der Waals surface area contributed by atoms with E-state index in [1.54, 1.807) is 27.5 Å². The molecule has 6 nitrogen and oxygen atoms in total. The van der Waals surface area contributed by atoms with E-state index in [1.807, 2.05) is 24.3 Å². The predicted molar refractivity (Wildman–Crippen MR) is 105 cm³/mol. The Morgan fingerprint density at radius 1 is 1.08 bits per heavy atom. The molecule has 140 valence electrons. The zero-order valence-electron chi connectivity index (χ0n) is 16.0. The number of methoxy groups -OCH3 is 2. The third-order valence-corrected chi connectivity index (χ3v) is 4.24. The quantitative estimate of drug-likeness (QED) is 0.562. The van der Waals surface area contributed by atoms with Gasteiger partial charge in [0, 0.05) is 32.4 Å². The van der Waals surface area contributed by atoms with E-state index in [0.717, 1.165) is 30.2 Å². The highest BCUT2D eigenvalue weighted by Crippen LogP contribution is 2.21. The van der Waals surface area contributed by atoms with Gasteiger partial charge in [0.15, 0.2) is 5.96 Å². The largest absolute Gasteiger partial charge is 0.497 e. The van der Waals surface area contributed by atoms with Crippen molar-refractivity contribution < 1.29 is 9.47 Å². The molecule has 0 aliphatic rings. The molecule has 2 N–H and O–H groups in total. The highest BCUT2D eigenvalue weighted by Gasteiger charge is 2.06. The summed E-state index contributed by atoms with van der Waals surface area (Å²) in [6.07, 6.45) is 2.81. The van der Waals surface area contributed by atoms with E-state index < -0.39 is 0 Å². The van der Waals surface area contributed by atoms with E-state index in [4.69, 9.17) is 9.47 Å². The normalized spacial score (nSPS) is 12.4. The van der Waals surface area contributed by atoms with Gasteiger partial charge in [0.1, 0.15) is 5.75 Å². The van der Waals surface area contributed by atoms with Gasteiger partial charge in [0.2, 0.25) is 5.88 Å². The lowest BCUT2D eigenvalue weighted by Crippen LogP contribution is -2.37. The van der Waals surface area contributed by atoms with Gasteiger partial charge < -0.3 is 20.1 Å². The Bertz CT molecular complexity index is 684. The smallest absolute Gasteiger partial charge is 0.212 e. The van der Waals surface area contributed by atoms with Crippen LogP contribution in [0.1, 0.15) is 30.4 Å². The monoisotopic (exact) mass is 356 g/mol. The lowest BCUT2D eigenvalue weighted by atomic mass is 9.98. The fourth-order valence-corrected chi connectivity index (χ4v) is 2.55. The molecule has 0 bridgehead atoms. The second kappa shape index (κ2) is 10.3. The average molecular weight is 356 g/mol. The van der Waals surface area contributed by atoms with Crippen LogP contribution in [0.3, 0.4) is 0 Å². The first-order valence-electron chi connectivity index (χ1n) is 8.73. The highest BCUT2D eigenvalue weighted by atomic mass is 16.5. The number of guanidine groups is 1. The van der Waals surface area contributed by atoms with Gasteiger partial charge in [-0.25, -0.2) is 4.98 Å². The van der Waals surface area contributed by atoms with Crippen molar-refractivity contribution in [1.82, 2.24) is 15.6 Å². The molecule has 0 aliphatic carbocycles. The fourth-order valence-electron chi connectivity index (χ4n) is 2.55. The van der Waals surface area contributed by atoms with Crippen LogP contribution >= 0.6 is 0 Å². The number of pyridine rings is 1. The maximum absolute atomic E-state index is 5.20. The van der Waals surface area contributed by atoms with Gasteiger partial charge in [-0.3, -0.25) is 4.99 Å². The summed E-state index contributed by atoms with van der Waals surface area (Å²) in [6, 6.07) is 12.1. The zero-order valence-corrected chi connectivity index (χ0v) is 16.0. The summed E-state index contributed by atoms with van der Waals surface area (Å²) in [4.78, 5) is 8.46. The molecule has 1 unspecified atom stereocenters. The van der Waals surface area contributed by atoms with Gasteiger partial charge in [0.25, 0.3) is 0 Å². The Morgan fingerprint density at radius 2 is 1.85 bits per heavy atom. The molecule has 0 saturated carbocycles. The molecule has 26 heavy (non-hydrogen) atoms. The molecule has 0 aliphatic heterocycles. The van der Waals surface area contributed by atoms with Crippen molar-refractivity contribution in [2.24, 2.45) is 4.99 Å². The van der Waals surface area contributed by atoms with Crippen LogP contribution in [0, 0.1) is 0 Å². The lowest BCUT2D eigenvalue weighted by Gasteiger charge is -2.15. The van der Waals surface area contributed by atoms with Gasteiger partial charge in [-0.2, -0.15) is 0 Å². The van der Waals surface area contributed by atoms with E-state index in [0.29, 0.717) is 18.3 Å². The summed E-state index contributed by atoms with van der Waals surface area (Å²) in [6.45, 7) is 3.72. The molecular formula is C20H28N4O2. The second-order valence-corrected chi connectivity index (χ2v) is 6.02. The maximum Gasteiger partial charge on any atom is 0.212 e. The van der Waals surface area contributed by atoms with Crippen LogP contribution < -0.4 is 20.1 Å². The molecule has 2 aromatic rings. The maximum atomic E-state index is 5.20. The van der Waals surface area contributed by atoms with Crippen LogP contribution in [0.5, 0.6) is 11.6 Å². The Hall–Kier alpha value is -2.76. The minimum absolute atomic E-state index is 0.456. The number of benzene rings is 1. The fraction of sp³-hybridized carbons (Fsp3) is 0.400. The van der Waals surface area contributed by atoms with E-state index in [1.165, 1.54) is 5.56 Å².